The van der Waals surface area contributed by atoms with Crippen molar-refractivity contribution in [1.82, 2.24) is 15.2 Å². The van der Waals surface area contributed by atoms with Gasteiger partial charge in [-0.25, -0.2) is 9.69 Å². The molecule has 3 rings (SSSR count). The van der Waals surface area contributed by atoms with E-state index in [1.807, 2.05) is 0 Å². The summed E-state index contributed by atoms with van der Waals surface area (Å²) in [7, 11) is 0. The molecule has 0 saturated carbocycles. The van der Waals surface area contributed by atoms with Crippen LogP contribution in [-0.4, -0.2) is 57.9 Å². The summed E-state index contributed by atoms with van der Waals surface area (Å²) in [5.74, 6) is -1.23. The van der Waals surface area contributed by atoms with Crippen molar-refractivity contribution in [2.45, 2.75) is 64.1 Å². The number of imide groups is 1. The molecule has 156 valence electrons. The quantitative estimate of drug-likeness (QED) is 0.770. The summed E-state index contributed by atoms with van der Waals surface area (Å²) in [5.41, 5.74) is -0.289. The molecule has 2 atom stereocenters. The maximum Gasteiger partial charge on any atom is 0.410 e. The number of nitrogens with one attached hydrogen (secondary N) is 1. The van der Waals surface area contributed by atoms with Gasteiger partial charge in [-0.15, -0.1) is 0 Å². The van der Waals surface area contributed by atoms with E-state index in [1.54, 1.807) is 39.1 Å². The topological polar surface area (TPSA) is 109 Å². The Bertz CT molecular complexity index is 805. The highest BCUT2D eigenvalue weighted by Gasteiger charge is 2.41. The molecule has 2 aliphatic rings. The van der Waals surface area contributed by atoms with Crippen molar-refractivity contribution in [2.75, 3.05) is 11.4 Å². The van der Waals surface area contributed by atoms with E-state index in [0.29, 0.717) is 25.1 Å². The Morgan fingerprint density at radius 2 is 2.00 bits per heavy atom. The molecule has 3 heterocycles. The fourth-order valence-corrected chi connectivity index (χ4v) is 3.52. The molecule has 29 heavy (non-hydrogen) atoms. The number of hydrogen-bond acceptors (Lipinski definition) is 6. The molecular weight excluding hydrogens is 376 g/mol. The Balaban J connectivity index is 1.69. The van der Waals surface area contributed by atoms with Crippen LogP contribution in [0.3, 0.4) is 0 Å². The third-order valence-electron chi connectivity index (χ3n) is 4.82. The summed E-state index contributed by atoms with van der Waals surface area (Å²) in [6.45, 7) is 5.72. The average Bonchev–Trinajstić information content (AvgIpc) is 3.14. The zero-order valence-electron chi connectivity index (χ0n) is 16.9. The lowest BCUT2D eigenvalue weighted by Crippen LogP contribution is -2.57. The first-order valence-electron chi connectivity index (χ1n) is 9.74. The molecule has 9 nitrogen and oxygen atoms in total. The van der Waals surface area contributed by atoms with Crippen LogP contribution >= 0.6 is 0 Å². The molecule has 2 unspecified atom stereocenters. The fourth-order valence-electron chi connectivity index (χ4n) is 3.52. The van der Waals surface area contributed by atoms with Crippen LogP contribution in [-0.2, 0) is 19.1 Å². The molecule has 4 amide bonds. The van der Waals surface area contributed by atoms with Gasteiger partial charge < -0.3 is 10.1 Å². The molecule has 0 radical (unpaired) electrons. The minimum atomic E-state index is -0.832. The van der Waals surface area contributed by atoms with E-state index in [2.05, 4.69) is 10.3 Å². The van der Waals surface area contributed by atoms with Gasteiger partial charge in [-0.05, 0) is 52.2 Å². The molecule has 0 aromatic carbocycles. The van der Waals surface area contributed by atoms with Crippen molar-refractivity contribution in [2.24, 2.45) is 0 Å². The van der Waals surface area contributed by atoms with Crippen LogP contribution in [0.25, 0.3) is 0 Å². The number of rotatable bonds is 3. The number of piperidine rings is 1. The number of pyridine rings is 1. The van der Waals surface area contributed by atoms with Crippen LogP contribution in [0.15, 0.2) is 24.5 Å². The van der Waals surface area contributed by atoms with E-state index in [1.165, 1.54) is 11.1 Å². The standard InChI is InChI=1S/C20H26N4O5/c1-20(2,3)29-19(28)23-11-5-7-15(23)17(26)22-14-8-9-16(25)24(18(14)27)13-6-4-10-21-12-13/h4,6,10,12,14-15H,5,7-9,11H2,1-3H3,(H,22,26). The Kier molecular flexibility index (Phi) is 5.86. The molecule has 0 bridgehead atoms. The first-order chi connectivity index (χ1) is 13.7. The maximum absolute atomic E-state index is 12.8. The minimum absolute atomic E-state index is 0.131. The number of amides is 4. The smallest absolute Gasteiger partial charge is 0.410 e. The summed E-state index contributed by atoms with van der Waals surface area (Å²) in [5, 5.41) is 2.73. The third kappa shape index (κ3) is 4.72. The summed E-state index contributed by atoms with van der Waals surface area (Å²) < 4.78 is 5.38. The highest BCUT2D eigenvalue weighted by Crippen LogP contribution is 2.24. The largest absolute Gasteiger partial charge is 0.444 e. The van der Waals surface area contributed by atoms with E-state index < -0.39 is 35.6 Å². The zero-order valence-corrected chi connectivity index (χ0v) is 16.9. The molecule has 2 saturated heterocycles. The highest BCUT2D eigenvalue weighted by atomic mass is 16.6. The first-order valence-corrected chi connectivity index (χ1v) is 9.74. The van der Waals surface area contributed by atoms with Crippen LogP contribution in [0.5, 0.6) is 0 Å². The molecule has 0 aliphatic carbocycles. The van der Waals surface area contributed by atoms with Crippen LogP contribution < -0.4 is 10.2 Å². The van der Waals surface area contributed by atoms with Gasteiger partial charge in [0.2, 0.25) is 11.8 Å². The number of aromatic nitrogens is 1. The molecular formula is C20H26N4O5. The van der Waals surface area contributed by atoms with Gasteiger partial charge in [0, 0.05) is 19.2 Å². The lowest BCUT2D eigenvalue weighted by Gasteiger charge is -2.32. The third-order valence-corrected chi connectivity index (χ3v) is 4.82. The van der Waals surface area contributed by atoms with Crippen molar-refractivity contribution < 1.29 is 23.9 Å². The zero-order chi connectivity index (χ0) is 21.2. The molecule has 0 spiro atoms. The lowest BCUT2D eigenvalue weighted by atomic mass is 10.0. The van der Waals surface area contributed by atoms with E-state index in [4.69, 9.17) is 4.74 Å². The number of carbonyl (C=O) groups is 4. The van der Waals surface area contributed by atoms with Crippen LogP contribution in [0.4, 0.5) is 10.5 Å². The van der Waals surface area contributed by atoms with Crippen LogP contribution in [0.2, 0.25) is 0 Å². The summed E-state index contributed by atoms with van der Waals surface area (Å²) in [6.07, 6.45) is 3.96. The van der Waals surface area contributed by atoms with E-state index >= 15 is 0 Å². The van der Waals surface area contributed by atoms with Crippen molar-refractivity contribution in [3.63, 3.8) is 0 Å². The number of anilines is 1. The first kappa shape index (κ1) is 20.8. The molecule has 2 aliphatic heterocycles. The second-order valence-corrected chi connectivity index (χ2v) is 8.21. The molecule has 2 fully saturated rings. The van der Waals surface area contributed by atoms with Crippen LogP contribution in [0.1, 0.15) is 46.5 Å². The normalized spacial score (nSPS) is 22.6. The number of carbonyl (C=O) groups excluding carboxylic acids is 4. The Morgan fingerprint density at radius 1 is 1.24 bits per heavy atom. The Morgan fingerprint density at radius 3 is 2.66 bits per heavy atom. The maximum atomic E-state index is 12.8. The number of hydrogen-bond donors (Lipinski definition) is 1. The van der Waals surface area contributed by atoms with Crippen molar-refractivity contribution in [3.8, 4) is 0 Å². The van der Waals surface area contributed by atoms with E-state index in [0.717, 1.165) is 4.90 Å². The summed E-state index contributed by atoms with van der Waals surface area (Å²) in [4.78, 5) is 56.8. The number of ether oxygens (including phenoxy) is 1. The molecule has 1 aromatic rings. The predicted molar refractivity (Wildman–Crippen MR) is 104 cm³/mol. The van der Waals surface area contributed by atoms with Crippen molar-refractivity contribution in [3.05, 3.63) is 24.5 Å². The Hall–Kier alpha value is -2.97. The summed E-state index contributed by atoms with van der Waals surface area (Å²) in [6, 6.07) is 1.73. The predicted octanol–water partition coefficient (Wildman–Crippen LogP) is 1.62. The van der Waals surface area contributed by atoms with Gasteiger partial charge in [-0.3, -0.25) is 24.3 Å². The monoisotopic (exact) mass is 402 g/mol. The second-order valence-electron chi connectivity index (χ2n) is 8.21. The second kappa shape index (κ2) is 8.18. The average molecular weight is 402 g/mol. The van der Waals surface area contributed by atoms with Gasteiger partial charge in [0.05, 0.1) is 11.9 Å². The number of nitrogens with zero attached hydrogens (tertiary/aromatic N) is 3. The van der Waals surface area contributed by atoms with Gasteiger partial charge in [-0.2, -0.15) is 0 Å². The molecule has 9 heteroatoms. The van der Waals surface area contributed by atoms with Gasteiger partial charge >= 0.3 is 6.09 Å². The molecule has 1 N–H and O–H groups in total. The fraction of sp³-hybridized carbons (Fsp3) is 0.550. The van der Waals surface area contributed by atoms with Gasteiger partial charge in [0.1, 0.15) is 17.7 Å². The van der Waals surface area contributed by atoms with Gasteiger partial charge in [-0.1, -0.05) is 0 Å². The number of likely N-dealkylation sites (tertiary alicyclic amines) is 1. The van der Waals surface area contributed by atoms with E-state index in [-0.39, 0.29) is 18.7 Å². The SMILES string of the molecule is CC(C)(C)OC(=O)N1CCCC1C(=O)NC1CCC(=O)N(c2cccnc2)C1=O. The summed E-state index contributed by atoms with van der Waals surface area (Å²) >= 11 is 0. The van der Waals surface area contributed by atoms with E-state index in [9.17, 15) is 19.2 Å². The van der Waals surface area contributed by atoms with Crippen molar-refractivity contribution in [1.29, 1.82) is 0 Å². The lowest BCUT2D eigenvalue weighted by molar-refractivity contribution is -0.135. The molecule has 1 aromatic heterocycles. The highest BCUT2D eigenvalue weighted by molar-refractivity contribution is 6.18. The minimum Gasteiger partial charge on any atom is -0.444 e. The van der Waals surface area contributed by atoms with Crippen LogP contribution in [0, 0.1) is 0 Å². The Labute approximate surface area is 169 Å². The van der Waals surface area contributed by atoms with Gasteiger partial charge in [0.25, 0.3) is 5.91 Å². The van der Waals surface area contributed by atoms with Crippen molar-refractivity contribution >= 4 is 29.5 Å². The van der Waals surface area contributed by atoms with Gasteiger partial charge in [0.15, 0.2) is 0 Å².